The van der Waals surface area contributed by atoms with Gasteiger partial charge in [0.2, 0.25) is 5.91 Å². The van der Waals surface area contributed by atoms with E-state index in [0.29, 0.717) is 18.7 Å². The minimum Gasteiger partial charge on any atom is -0.349 e. The van der Waals surface area contributed by atoms with E-state index in [4.69, 9.17) is 0 Å². The molecule has 1 aromatic heterocycles. The van der Waals surface area contributed by atoms with Crippen molar-refractivity contribution in [1.29, 1.82) is 0 Å². The molecule has 0 spiro atoms. The Bertz CT molecular complexity index is 871. The Kier molecular flexibility index (Phi) is 4.95. The fourth-order valence-corrected chi connectivity index (χ4v) is 5.10. The number of amides is 2. The molecular weight excluding hydrogens is 360 g/mol. The van der Waals surface area contributed by atoms with Crippen LogP contribution in [0.3, 0.4) is 0 Å². The van der Waals surface area contributed by atoms with Crippen LogP contribution in [0.4, 0.5) is 0 Å². The van der Waals surface area contributed by atoms with Gasteiger partial charge in [-0.15, -0.1) is 11.8 Å². The minimum absolute atomic E-state index is 0.0108. The number of hydrogen-bond donors (Lipinski definition) is 1. The Balaban J connectivity index is 1.29. The van der Waals surface area contributed by atoms with E-state index < -0.39 is 0 Å². The van der Waals surface area contributed by atoms with Crippen molar-refractivity contribution in [3.63, 3.8) is 0 Å². The maximum atomic E-state index is 12.9. The van der Waals surface area contributed by atoms with Crippen LogP contribution in [-0.2, 0) is 18.3 Å². The molecule has 0 aliphatic carbocycles. The normalized spacial score (nSPS) is 19.8. The predicted octanol–water partition coefficient (Wildman–Crippen LogP) is 2.17. The van der Waals surface area contributed by atoms with Gasteiger partial charge in [0.1, 0.15) is 0 Å². The number of carbonyl (C=O) groups is 2. The van der Waals surface area contributed by atoms with Gasteiger partial charge in [-0.3, -0.25) is 14.3 Å². The second-order valence-corrected chi connectivity index (χ2v) is 8.64. The van der Waals surface area contributed by atoms with E-state index in [9.17, 15) is 9.59 Å². The van der Waals surface area contributed by atoms with Crippen LogP contribution in [0.2, 0.25) is 0 Å². The first-order valence-electron chi connectivity index (χ1n) is 9.34. The summed E-state index contributed by atoms with van der Waals surface area (Å²) in [6.45, 7) is 3.48. The lowest BCUT2D eigenvalue weighted by Crippen LogP contribution is -2.48. The smallest absolute Gasteiger partial charge is 0.254 e. The Hall–Kier alpha value is -2.28. The summed E-state index contributed by atoms with van der Waals surface area (Å²) in [6.07, 6.45) is 5.69. The second-order valence-electron chi connectivity index (χ2n) is 7.40. The van der Waals surface area contributed by atoms with Crippen molar-refractivity contribution in [2.24, 2.45) is 7.05 Å². The number of nitrogens with one attached hydrogen (secondary N) is 1. The molecule has 0 unspecified atom stereocenters. The van der Waals surface area contributed by atoms with Gasteiger partial charge in [-0.05, 0) is 37.8 Å². The highest BCUT2D eigenvalue weighted by atomic mass is 32.2. The Labute approximate surface area is 163 Å². The summed E-state index contributed by atoms with van der Waals surface area (Å²) in [4.78, 5) is 28.4. The van der Waals surface area contributed by atoms with Gasteiger partial charge in [0.25, 0.3) is 5.91 Å². The van der Waals surface area contributed by atoms with Crippen LogP contribution in [0.25, 0.3) is 0 Å². The van der Waals surface area contributed by atoms with E-state index in [-0.39, 0.29) is 23.1 Å². The molecule has 4 rings (SSSR count). The molecule has 2 aromatic rings. The van der Waals surface area contributed by atoms with Crippen molar-refractivity contribution >= 4 is 23.6 Å². The monoisotopic (exact) mass is 384 g/mol. The molecule has 0 saturated carbocycles. The zero-order chi connectivity index (χ0) is 19.0. The lowest BCUT2D eigenvalue weighted by atomic mass is 10.0. The molecule has 2 aliphatic rings. The van der Waals surface area contributed by atoms with Crippen LogP contribution in [0, 0.1) is 6.92 Å². The topological polar surface area (TPSA) is 67.2 Å². The number of piperidine rings is 1. The molecule has 1 fully saturated rings. The Morgan fingerprint density at radius 1 is 1.26 bits per heavy atom. The fourth-order valence-electron chi connectivity index (χ4n) is 3.73. The minimum atomic E-state index is -0.0926. The molecule has 1 atom stereocenters. The van der Waals surface area contributed by atoms with Crippen LogP contribution in [-0.4, -0.2) is 50.9 Å². The molecule has 0 radical (unpaired) electrons. The van der Waals surface area contributed by atoms with E-state index in [0.717, 1.165) is 19.3 Å². The number of carbonyl (C=O) groups excluding carboxylic acids is 2. The number of thioether (sulfide) groups is 1. The summed E-state index contributed by atoms with van der Waals surface area (Å²) in [7, 11) is 1.79. The first-order valence-corrected chi connectivity index (χ1v) is 10.2. The number of rotatable bonds is 3. The van der Waals surface area contributed by atoms with Gasteiger partial charge >= 0.3 is 0 Å². The third-order valence-corrected chi connectivity index (χ3v) is 6.57. The van der Waals surface area contributed by atoms with Crippen molar-refractivity contribution in [2.75, 3.05) is 13.1 Å². The number of aromatic nitrogens is 2. The van der Waals surface area contributed by atoms with Crippen LogP contribution in [0.15, 0.2) is 35.5 Å². The molecule has 2 amide bonds. The molecule has 6 nitrogen and oxygen atoms in total. The molecule has 2 aliphatic heterocycles. The van der Waals surface area contributed by atoms with Crippen LogP contribution in [0.5, 0.6) is 0 Å². The van der Waals surface area contributed by atoms with Gasteiger partial charge in [0.05, 0.1) is 17.0 Å². The second kappa shape index (κ2) is 7.38. The predicted molar refractivity (Wildman–Crippen MR) is 105 cm³/mol. The van der Waals surface area contributed by atoms with Crippen molar-refractivity contribution in [3.05, 3.63) is 47.3 Å². The van der Waals surface area contributed by atoms with E-state index >= 15 is 0 Å². The van der Waals surface area contributed by atoms with Crippen molar-refractivity contribution in [1.82, 2.24) is 20.0 Å². The Morgan fingerprint density at radius 3 is 2.74 bits per heavy atom. The highest BCUT2D eigenvalue weighted by Crippen LogP contribution is 2.38. The van der Waals surface area contributed by atoms with Crippen molar-refractivity contribution in [3.8, 4) is 0 Å². The summed E-state index contributed by atoms with van der Waals surface area (Å²) < 4.78 is 1.62. The number of aryl methyl sites for hydroxylation is 2. The van der Waals surface area contributed by atoms with Crippen LogP contribution in [0.1, 0.15) is 34.3 Å². The van der Waals surface area contributed by atoms with Gasteiger partial charge in [0.15, 0.2) is 0 Å². The van der Waals surface area contributed by atoms with E-state index in [1.807, 2.05) is 4.90 Å². The first-order chi connectivity index (χ1) is 13.0. The average molecular weight is 385 g/mol. The molecular formula is C20H24N4O2S. The lowest BCUT2D eigenvalue weighted by Gasteiger charge is -2.33. The summed E-state index contributed by atoms with van der Waals surface area (Å²) in [5.74, 6) is 0.135. The third kappa shape index (κ3) is 3.88. The van der Waals surface area contributed by atoms with E-state index in [1.165, 1.54) is 16.0 Å². The summed E-state index contributed by atoms with van der Waals surface area (Å²) in [6, 6.07) is 6.54. The zero-order valence-electron chi connectivity index (χ0n) is 15.6. The number of fused-ring (bicyclic) bond motifs is 1. The molecule has 1 saturated heterocycles. The highest BCUT2D eigenvalue weighted by Gasteiger charge is 2.33. The summed E-state index contributed by atoms with van der Waals surface area (Å²) >= 11 is 1.69. The number of nitrogens with zero attached hydrogens (tertiary/aromatic N) is 3. The lowest BCUT2D eigenvalue weighted by molar-refractivity contribution is -0.131. The van der Waals surface area contributed by atoms with Gasteiger partial charge in [-0.1, -0.05) is 17.7 Å². The van der Waals surface area contributed by atoms with Crippen LogP contribution >= 0.6 is 11.8 Å². The maximum Gasteiger partial charge on any atom is 0.254 e. The first kappa shape index (κ1) is 18.1. The zero-order valence-corrected chi connectivity index (χ0v) is 16.5. The van der Waals surface area contributed by atoms with Crippen LogP contribution < -0.4 is 5.32 Å². The number of likely N-dealkylation sites (tertiary alicyclic amines) is 1. The van der Waals surface area contributed by atoms with Crippen molar-refractivity contribution < 1.29 is 9.59 Å². The molecule has 0 bridgehead atoms. The Morgan fingerprint density at radius 2 is 2.04 bits per heavy atom. The average Bonchev–Trinajstić information content (AvgIpc) is 3.27. The van der Waals surface area contributed by atoms with Crippen molar-refractivity contribution in [2.45, 2.75) is 42.4 Å². The number of benzene rings is 1. The number of hydrogen-bond acceptors (Lipinski definition) is 4. The molecule has 27 heavy (non-hydrogen) atoms. The molecule has 7 heteroatoms. The molecule has 142 valence electrons. The maximum absolute atomic E-state index is 12.9. The summed E-state index contributed by atoms with van der Waals surface area (Å²) in [5, 5.41) is 7.08. The van der Waals surface area contributed by atoms with E-state index in [2.05, 4.69) is 35.5 Å². The van der Waals surface area contributed by atoms with Gasteiger partial charge in [-0.2, -0.15) is 5.10 Å². The third-order valence-electron chi connectivity index (χ3n) is 5.28. The standard InChI is InChI=1S/C20H24N4O2S/c1-13-3-4-14-10-18(27-17(14)9-13)20(26)24-7-5-16(6-8-24)22-19(25)15-11-21-23(2)12-15/h3-4,9,11-12,16,18H,5-8,10H2,1-2H3,(H,22,25)/t18-/m0/s1. The van der Waals surface area contributed by atoms with Gasteiger partial charge in [-0.25, -0.2) is 0 Å². The van der Waals surface area contributed by atoms with Gasteiger partial charge in [0, 0.05) is 37.3 Å². The van der Waals surface area contributed by atoms with Gasteiger partial charge < -0.3 is 10.2 Å². The molecule has 3 heterocycles. The molecule has 1 aromatic carbocycles. The van der Waals surface area contributed by atoms with E-state index in [1.54, 1.807) is 35.9 Å². The largest absolute Gasteiger partial charge is 0.349 e. The SMILES string of the molecule is Cc1ccc2c(c1)S[C@H](C(=O)N1CCC(NC(=O)c3cnn(C)c3)CC1)C2. The highest BCUT2D eigenvalue weighted by molar-refractivity contribution is 8.01. The molecule has 1 N–H and O–H groups in total. The summed E-state index contributed by atoms with van der Waals surface area (Å²) in [5.41, 5.74) is 3.09. The quantitative estimate of drug-likeness (QED) is 0.881. The fraction of sp³-hybridized carbons (Fsp3) is 0.450.